The predicted molar refractivity (Wildman–Crippen MR) is 68.6 cm³/mol. The third kappa shape index (κ3) is 2.28. The smallest absolute Gasteiger partial charge is 0.00213 e. The van der Waals surface area contributed by atoms with Crippen LogP contribution in [0.25, 0.3) is 0 Å². The molecule has 0 N–H and O–H groups in total. The van der Waals surface area contributed by atoms with Gasteiger partial charge in [-0.1, -0.05) is 25.0 Å². The van der Waals surface area contributed by atoms with Crippen LogP contribution in [0.4, 0.5) is 0 Å². The van der Waals surface area contributed by atoms with Gasteiger partial charge in [0, 0.05) is 5.92 Å². The van der Waals surface area contributed by atoms with Crippen LogP contribution in [-0.4, -0.2) is 5.16 Å². The summed E-state index contributed by atoms with van der Waals surface area (Å²) in [5.74, 6) is 0.683. The van der Waals surface area contributed by atoms with Crippen LogP contribution >= 0.6 is 9.24 Å². The van der Waals surface area contributed by atoms with E-state index in [9.17, 15) is 0 Å². The molecule has 0 amide bonds. The van der Waals surface area contributed by atoms with Crippen LogP contribution in [0.15, 0.2) is 22.3 Å². The fraction of sp³-hybridized carbons (Fsp3) is 0.692. The zero-order chi connectivity index (χ0) is 11.1. The second kappa shape index (κ2) is 3.81. The fourth-order valence-electron chi connectivity index (χ4n) is 2.27. The van der Waals surface area contributed by atoms with Crippen molar-refractivity contribution < 1.29 is 0 Å². The fourth-order valence-corrected chi connectivity index (χ4v) is 2.51. The lowest BCUT2D eigenvalue weighted by Gasteiger charge is -2.25. The molecule has 80 valence electrons. The summed E-state index contributed by atoms with van der Waals surface area (Å²) in [5, 5.41) is 0.345. The molecule has 0 spiro atoms. The zero-order valence-electron chi connectivity index (χ0n) is 10.4. The molecule has 0 radical (unpaired) electrons. The average Bonchev–Trinajstić information content (AvgIpc) is 2.20. The summed E-state index contributed by atoms with van der Waals surface area (Å²) >= 11 is 0. The molecule has 0 aromatic heterocycles. The maximum absolute atomic E-state index is 2.96. The zero-order valence-corrected chi connectivity index (χ0v) is 11.5. The summed E-state index contributed by atoms with van der Waals surface area (Å²) in [5.41, 5.74) is 6.19. The van der Waals surface area contributed by atoms with Crippen molar-refractivity contribution in [3.05, 3.63) is 22.3 Å². The molecule has 0 saturated heterocycles. The summed E-state index contributed by atoms with van der Waals surface area (Å²) in [6.07, 6.45) is 1.24. The van der Waals surface area contributed by atoms with Crippen molar-refractivity contribution in [1.82, 2.24) is 0 Å². The molecule has 1 atom stereocenters. The lowest BCUT2D eigenvalue weighted by Crippen LogP contribution is -2.16. The van der Waals surface area contributed by atoms with Crippen molar-refractivity contribution in [2.75, 3.05) is 0 Å². The highest BCUT2D eigenvalue weighted by atomic mass is 31.0. The van der Waals surface area contributed by atoms with Crippen LogP contribution in [0.2, 0.25) is 0 Å². The van der Waals surface area contributed by atoms with E-state index in [1.165, 1.54) is 17.6 Å². The maximum Gasteiger partial charge on any atom is 0.00213 e. The molecule has 0 aliphatic heterocycles. The molecule has 0 aromatic rings. The first-order valence-corrected chi connectivity index (χ1v) is 5.96. The van der Waals surface area contributed by atoms with Gasteiger partial charge in [0.2, 0.25) is 0 Å². The SMILES string of the molecule is CC1=C(C)C(CC(C)(C)P)C(C)=C1C. The van der Waals surface area contributed by atoms with Crippen molar-refractivity contribution >= 4 is 9.24 Å². The topological polar surface area (TPSA) is 0 Å². The van der Waals surface area contributed by atoms with Crippen LogP contribution in [-0.2, 0) is 0 Å². The van der Waals surface area contributed by atoms with E-state index in [4.69, 9.17) is 0 Å². The first kappa shape index (κ1) is 12.0. The monoisotopic (exact) mass is 210 g/mol. The van der Waals surface area contributed by atoms with Crippen molar-refractivity contribution in [1.29, 1.82) is 0 Å². The molecule has 0 heterocycles. The highest BCUT2D eigenvalue weighted by Gasteiger charge is 2.28. The van der Waals surface area contributed by atoms with Gasteiger partial charge in [-0.25, -0.2) is 0 Å². The van der Waals surface area contributed by atoms with Gasteiger partial charge >= 0.3 is 0 Å². The van der Waals surface area contributed by atoms with E-state index >= 15 is 0 Å². The van der Waals surface area contributed by atoms with E-state index in [1.54, 1.807) is 11.1 Å². The van der Waals surface area contributed by atoms with Crippen LogP contribution in [0.5, 0.6) is 0 Å². The van der Waals surface area contributed by atoms with Crippen molar-refractivity contribution in [2.24, 2.45) is 5.92 Å². The van der Waals surface area contributed by atoms with Gasteiger partial charge in [0.25, 0.3) is 0 Å². The van der Waals surface area contributed by atoms with Crippen molar-refractivity contribution in [3.8, 4) is 0 Å². The molecule has 1 unspecified atom stereocenters. The standard InChI is InChI=1S/C13H23P/c1-8-9(2)11(4)12(10(8)3)7-13(5,6)14/h12H,7,14H2,1-6H3. The van der Waals surface area contributed by atoms with E-state index in [0.29, 0.717) is 11.1 Å². The van der Waals surface area contributed by atoms with Crippen LogP contribution < -0.4 is 0 Å². The molecule has 0 bridgehead atoms. The van der Waals surface area contributed by atoms with Gasteiger partial charge in [-0.05, 0) is 50.4 Å². The lowest BCUT2D eigenvalue weighted by atomic mass is 9.88. The van der Waals surface area contributed by atoms with E-state index < -0.39 is 0 Å². The highest BCUT2D eigenvalue weighted by Crippen LogP contribution is 2.42. The number of rotatable bonds is 2. The minimum Gasteiger partial charge on any atom is -0.132 e. The minimum atomic E-state index is 0.345. The summed E-state index contributed by atoms with van der Waals surface area (Å²) in [4.78, 5) is 0. The van der Waals surface area contributed by atoms with E-state index in [1.807, 2.05) is 0 Å². The molecule has 1 aliphatic rings. The molecule has 0 saturated carbocycles. The van der Waals surface area contributed by atoms with E-state index in [-0.39, 0.29) is 0 Å². The molecule has 0 nitrogen and oxygen atoms in total. The van der Waals surface area contributed by atoms with Crippen LogP contribution in [0.1, 0.15) is 48.0 Å². The molecular weight excluding hydrogens is 187 g/mol. The van der Waals surface area contributed by atoms with Crippen molar-refractivity contribution in [3.63, 3.8) is 0 Å². The van der Waals surface area contributed by atoms with Gasteiger partial charge in [0.05, 0.1) is 0 Å². The second-order valence-corrected chi connectivity index (χ2v) is 6.92. The highest BCUT2D eigenvalue weighted by molar-refractivity contribution is 7.18. The Morgan fingerprint density at radius 3 is 1.64 bits per heavy atom. The number of hydrogen-bond donors (Lipinski definition) is 0. The molecule has 1 aliphatic carbocycles. The van der Waals surface area contributed by atoms with Gasteiger partial charge < -0.3 is 0 Å². The minimum absolute atomic E-state index is 0.345. The summed E-state index contributed by atoms with van der Waals surface area (Å²) in [6.45, 7) is 13.7. The van der Waals surface area contributed by atoms with Gasteiger partial charge in [-0.15, -0.1) is 9.24 Å². The van der Waals surface area contributed by atoms with Crippen LogP contribution in [0, 0.1) is 5.92 Å². The van der Waals surface area contributed by atoms with Crippen molar-refractivity contribution in [2.45, 2.75) is 53.1 Å². The molecule has 0 fully saturated rings. The lowest BCUT2D eigenvalue weighted by molar-refractivity contribution is 0.543. The third-order valence-electron chi connectivity index (χ3n) is 3.52. The Morgan fingerprint density at radius 2 is 1.36 bits per heavy atom. The van der Waals surface area contributed by atoms with Gasteiger partial charge in [-0.2, -0.15) is 0 Å². The number of hydrogen-bond acceptors (Lipinski definition) is 0. The van der Waals surface area contributed by atoms with Gasteiger partial charge in [0.15, 0.2) is 0 Å². The molecule has 1 heteroatoms. The molecule has 1 rings (SSSR count). The Hall–Kier alpha value is -0.0900. The first-order valence-electron chi connectivity index (χ1n) is 5.38. The summed E-state index contributed by atoms with van der Waals surface area (Å²) in [7, 11) is 2.96. The quantitative estimate of drug-likeness (QED) is 0.595. The van der Waals surface area contributed by atoms with E-state index in [2.05, 4.69) is 50.8 Å². The molecule has 0 aromatic carbocycles. The molecule has 14 heavy (non-hydrogen) atoms. The molecular formula is C13H23P. The Morgan fingerprint density at radius 1 is 1.00 bits per heavy atom. The van der Waals surface area contributed by atoms with E-state index in [0.717, 1.165) is 0 Å². The largest absolute Gasteiger partial charge is 0.132 e. The predicted octanol–water partition coefficient (Wildman–Crippen LogP) is 4.33. The normalized spacial score (nSPS) is 19.9. The Labute approximate surface area is 91.1 Å². The second-order valence-electron chi connectivity index (χ2n) is 5.36. The maximum atomic E-state index is 2.96. The van der Waals surface area contributed by atoms with Crippen LogP contribution in [0.3, 0.4) is 0 Å². The average molecular weight is 210 g/mol. The first-order chi connectivity index (χ1) is 6.24. The Bertz CT molecular complexity index is 276. The summed E-state index contributed by atoms with van der Waals surface area (Å²) < 4.78 is 0. The van der Waals surface area contributed by atoms with Gasteiger partial charge in [0.1, 0.15) is 0 Å². The Kier molecular flexibility index (Phi) is 3.26. The Balaban J connectivity index is 2.93. The van der Waals surface area contributed by atoms with Gasteiger partial charge in [-0.3, -0.25) is 0 Å². The summed E-state index contributed by atoms with van der Waals surface area (Å²) in [6, 6.07) is 0. The number of allylic oxidation sites excluding steroid dienone is 4. The third-order valence-corrected chi connectivity index (χ3v) is 3.76.